The zero-order valence-corrected chi connectivity index (χ0v) is 12.5. The summed E-state index contributed by atoms with van der Waals surface area (Å²) in [6, 6.07) is 4.10. The van der Waals surface area contributed by atoms with E-state index in [0.29, 0.717) is 5.76 Å². The van der Waals surface area contributed by atoms with E-state index in [1.165, 1.54) is 12.1 Å². The predicted octanol–water partition coefficient (Wildman–Crippen LogP) is 2.96. The number of hydrogen-bond acceptors (Lipinski definition) is 4. The van der Waals surface area contributed by atoms with Crippen molar-refractivity contribution in [2.24, 2.45) is 0 Å². The van der Waals surface area contributed by atoms with Crippen LogP contribution in [0.5, 0.6) is 0 Å². The van der Waals surface area contributed by atoms with Gasteiger partial charge in [0.25, 0.3) is 5.91 Å². The molecule has 2 N–H and O–H groups in total. The number of carbonyl (C=O) groups is 1. The van der Waals surface area contributed by atoms with Crippen molar-refractivity contribution in [2.75, 3.05) is 12.4 Å². The molecule has 1 aromatic heterocycles. The van der Waals surface area contributed by atoms with Crippen molar-refractivity contribution < 1.29 is 13.7 Å². The Morgan fingerprint density at radius 2 is 2.10 bits per heavy atom. The van der Waals surface area contributed by atoms with E-state index in [4.69, 9.17) is 4.52 Å². The lowest BCUT2D eigenvalue weighted by Crippen LogP contribution is -2.28. The average molecular weight is 291 g/mol. The van der Waals surface area contributed by atoms with Crippen molar-refractivity contribution in [3.05, 3.63) is 46.6 Å². The molecule has 5 nitrogen and oxygen atoms in total. The maximum atomic E-state index is 13.7. The first-order valence-corrected chi connectivity index (χ1v) is 6.65. The molecule has 2 rings (SSSR count). The molecule has 0 saturated heterocycles. The van der Waals surface area contributed by atoms with E-state index in [1.807, 2.05) is 13.8 Å². The second-order valence-electron chi connectivity index (χ2n) is 4.85. The van der Waals surface area contributed by atoms with Crippen molar-refractivity contribution in [3.8, 4) is 0 Å². The molecule has 1 heterocycles. The summed E-state index contributed by atoms with van der Waals surface area (Å²) < 4.78 is 18.8. The van der Waals surface area contributed by atoms with Gasteiger partial charge in [-0.2, -0.15) is 0 Å². The largest absolute Gasteiger partial charge is 0.385 e. The highest BCUT2D eigenvalue weighted by Gasteiger charge is 2.21. The van der Waals surface area contributed by atoms with Crippen LogP contribution < -0.4 is 10.6 Å². The van der Waals surface area contributed by atoms with Crippen LogP contribution in [-0.2, 0) is 0 Å². The van der Waals surface area contributed by atoms with Crippen LogP contribution in [0.15, 0.2) is 22.7 Å². The summed E-state index contributed by atoms with van der Waals surface area (Å²) >= 11 is 0. The first-order valence-electron chi connectivity index (χ1n) is 6.65. The molecule has 112 valence electrons. The molecule has 1 atom stereocenters. The Bertz CT molecular complexity index is 647. The first-order chi connectivity index (χ1) is 9.95. The van der Waals surface area contributed by atoms with Crippen LogP contribution >= 0.6 is 0 Å². The molecule has 0 aliphatic heterocycles. The Labute approximate surface area is 122 Å². The summed E-state index contributed by atoms with van der Waals surface area (Å²) in [6.45, 7) is 5.44. The van der Waals surface area contributed by atoms with E-state index in [9.17, 15) is 9.18 Å². The Morgan fingerprint density at radius 3 is 2.67 bits per heavy atom. The SMILES string of the molecule is CNc1c(F)cccc1C(=O)NC(C)c1c(C)noc1C. The van der Waals surface area contributed by atoms with Crippen LogP contribution in [0.25, 0.3) is 0 Å². The number of anilines is 1. The van der Waals surface area contributed by atoms with Gasteiger partial charge in [0.05, 0.1) is 23.0 Å². The molecule has 1 amide bonds. The van der Waals surface area contributed by atoms with E-state index in [-0.39, 0.29) is 23.2 Å². The number of aryl methyl sites for hydroxylation is 2. The van der Waals surface area contributed by atoms with Gasteiger partial charge in [-0.1, -0.05) is 11.2 Å². The fourth-order valence-corrected chi connectivity index (χ4v) is 2.42. The molecule has 0 aliphatic carbocycles. The third-order valence-electron chi connectivity index (χ3n) is 3.38. The van der Waals surface area contributed by atoms with Gasteiger partial charge >= 0.3 is 0 Å². The van der Waals surface area contributed by atoms with Gasteiger partial charge in [-0.3, -0.25) is 4.79 Å². The number of amides is 1. The summed E-state index contributed by atoms with van der Waals surface area (Å²) in [5.41, 5.74) is 2.01. The van der Waals surface area contributed by atoms with E-state index >= 15 is 0 Å². The van der Waals surface area contributed by atoms with Crippen LogP contribution in [0.2, 0.25) is 0 Å². The second-order valence-corrected chi connectivity index (χ2v) is 4.85. The molecule has 1 unspecified atom stereocenters. The average Bonchev–Trinajstić information content (AvgIpc) is 2.77. The van der Waals surface area contributed by atoms with Gasteiger partial charge in [0.15, 0.2) is 0 Å². The number of halogens is 1. The molecule has 0 fully saturated rings. The Morgan fingerprint density at radius 1 is 1.38 bits per heavy atom. The number of nitrogens with one attached hydrogen (secondary N) is 2. The Kier molecular flexibility index (Phi) is 4.26. The number of nitrogens with zero attached hydrogens (tertiary/aromatic N) is 1. The lowest BCUT2D eigenvalue weighted by molar-refractivity contribution is 0.0940. The van der Waals surface area contributed by atoms with Gasteiger partial charge in [-0.25, -0.2) is 4.39 Å². The fourth-order valence-electron chi connectivity index (χ4n) is 2.42. The van der Waals surface area contributed by atoms with Gasteiger partial charge in [-0.15, -0.1) is 0 Å². The third-order valence-corrected chi connectivity index (χ3v) is 3.38. The van der Waals surface area contributed by atoms with Crippen LogP contribution in [0, 0.1) is 19.7 Å². The molecular weight excluding hydrogens is 273 g/mol. The minimum atomic E-state index is -0.463. The molecule has 21 heavy (non-hydrogen) atoms. The van der Waals surface area contributed by atoms with Crippen molar-refractivity contribution in [1.82, 2.24) is 10.5 Å². The number of aromatic nitrogens is 1. The van der Waals surface area contributed by atoms with Crippen molar-refractivity contribution in [1.29, 1.82) is 0 Å². The zero-order chi connectivity index (χ0) is 15.6. The van der Waals surface area contributed by atoms with Gasteiger partial charge in [-0.05, 0) is 32.9 Å². The second kappa shape index (κ2) is 5.95. The lowest BCUT2D eigenvalue weighted by Gasteiger charge is -2.16. The highest BCUT2D eigenvalue weighted by atomic mass is 19.1. The summed E-state index contributed by atoms with van der Waals surface area (Å²) in [5, 5.41) is 9.41. The van der Waals surface area contributed by atoms with Crippen molar-refractivity contribution in [2.45, 2.75) is 26.8 Å². The van der Waals surface area contributed by atoms with Crippen LogP contribution in [0.4, 0.5) is 10.1 Å². The van der Waals surface area contributed by atoms with E-state index in [0.717, 1.165) is 11.3 Å². The van der Waals surface area contributed by atoms with Crippen LogP contribution in [0.3, 0.4) is 0 Å². The summed E-state index contributed by atoms with van der Waals surface area (Å²) in [4.78, 5) is 12.3. The highest BCUT2D eigenvalue weighted by Crippen LogP contribution is 2.23. The van der Waals surface area contributed by atoms with Crippen LogP contribution in [0.1, 0.15) is 40.3 Å². The molecule has 0 bridgehead atoms. The first kappa shape index (κ1) is 15.0. The van der Waals surface area contributed by atoms with Gasteiger partial charge in [0.1, 0.15) is 11.6 Å². The summed E-state index contributed by atoms with van der Waals surface area (Å²) in [6.07, 6.45) is 0. The molecule has 6 heteroatoms. The van der Waals surface area contributed by atoms with E-state index < -0.39 is 5.82 Å². The Balaban J connectivity index is 2.25. The van der Waals surface area contributed by atoms with Crippen LogP contribution in [-0.4, -0.2) is 18.1 Å². The van der Waals surface area contributed by atoms with Gasteiger partial charge in [0.2, 0.25) is 0 Å². The third kappa shape index (κ3) is 2.89. The molecule has 0 aliphatic rings. The summed E-state index contributed by atoms with van der Waals surface area (Å²) in [5.74, 6) is -0.158. The number of para-hydroxylation sites is 1. The topological polar surface area (TPSA) is 67.2 Å². The standard InChI is InChI=1S/C15H18FN3O2/c1-8(13-9(2)19-21-10(13)3)18-15(20)11-6-5-7-12(16)14(11)17-4/h5-8,17H,1-4H3,(H,18,20). The number of hydrogen-bond donors (Lipinski definition) is 2. The monoisotopic (exact) mass is 291 g/mol. The number of carbonyl (C=O) groups excluding carboxylic acids is 1. The van der Waals surface area contributed by atoms with Gasteiger partial charge < -0.3 is 15.2 Å². The molecule has 0 radical (unpaired) electrons. The quantitative estimate of drug-likeness (QED) is 0.909. The minimum absolute atomic E-state index is 0.181. The number of rotatable bonds is 4. The van der Waals surface area contributed by atoms with E-state index in [2.05, 4.69) is 15.8 Å². The molecule has 0 saturated carbocycles. The van der Waals surface area contributed by atoms with Crippen molar-refractivity contribution >= 4 is 11.6 Å². The van der Waals surface area contributed by atoms with Crippen molar-refractivity contribution in [3.63, 3.8) is 0 Å². The lowest BCUT2D eigenvalue weighted by atomic mass is 10.1. The highest BCUT2D eigenvalue weighted by molar-refractivity contribution is 5.99. The molecular formula is C15H18FN3O2. The van der Waals surface area contributed by atoms with E-state index in [1.54, 1.807) is 20.0 Å². The molecule has 0 spiro atoms. The zero-order valence-electron chi connectivity index (χ0n) is 12.5. The fraction of sp³-hybridized carbons (Fsp3) is 0.333. The summed E-state index contributed by atoms with van der Waals surface area (Å²) in [7, 11) is 1.58. The molecule has 1 aromatic carbocycles. The maximum absolute atomic E-state index is 13.7. The maximum Gasteiger partial charge on any atom is 0.253 e. The molecule has 2 aromatic rings. The predicted molar refractivity (Wildman–Crippen MR) is 77.8 cm³/mol. The normalized spacial score (nSPS) is 12.0. The van der Waals surface area contributed by atoms with Gasteiger partial charge in [0, 0.05) is 12.6 Å². The minimum Gasteiger partial charge on any atom is -0.385 e. The number of benzene rings is 1. The smallest absolute Gasteiger partial charge is 0.253 e. The Hall–Kier alpha value is -2.37.